The van der Waals surface area contributed by atoms with Gasteiger partial charge in [0, 0.05) is 45.5 Å². The molecule has 6 heteroatoms. The highest BCUT2D eigenvalue weighted by molar-refractivity contribution is 5.92. The molecule has 3 rings (SSSR count). The van der Waals surface area contributed by atoms with Gasteiger partial charge in [0.15, 0.2) is 0 Å². The van der Waals surface area contributed by atoms with Crippen LogP contribution < -0.4 is 4.90 Å². The van der Waals surface area contributed by atoms with Crippen LogP contribution in [0.25, 0.3) is 0 Å². The van der Waals surface area contributed by atoms with Gasteiger partial charge in [-0.05, 0) is 26.0 Å². The van der Waals surface area contributed by atoms with E-state index in [9.17, 15) is 4.79 Å². The molecule has 0 N–H and O–H groups in total. The lowest BCUT2D eigenvalue weighted by Crippen LogP contribution is -2.47. The minimum atomic E-state index is 0.0287. The first-order chi connectivity index (χ1) is 9.74. The molecule has 20 heavy (non-hydrogen) atoms. The topological polar surface area (TPSA) is 52.6 Å². The first-order valence-electron chi connectivity index (χ1n) is 7.30. The van der Waals surface area contributed by atoms with Crippen LogP contribution in [-0.2, 0) is 0 Å². The molecule has 3 heterocycles. The Kier molecular flexibility index (Phi) is 3.82. The van der Waals surface area contributed by atoms with Crippen LogP contribution in [0.5, 0.6) is 0 Å². The predicted octanol–water partition coefficient (Wildman–Crippen LogP) is 0.464. The number of hydrogen-bond donors (Lipinski definition) is 0. The molecule has 1 aromatic rings. The standard InChI is InChI=1S/C14H21N5O/c1-17-8-10-18(11-9-17)13(20)12-4-5-15-14(16-12)19-6-2-3-7-19/h4-5H,2-3,6-11H2,1H3. The van der Waals surface area contributed by atoms with Gasteiger partial charge in [-0.3, -0.25) is 4.79 Å². The molecule has 1 aromatic heterocycles. The first-order valence-corrected chi connectivity index (χ1v) is 7.30. The average Bonchev–Trinajstić information content (AvgIpc) is 3.02. The number of anilines is 1. The van der Waals surface area contributed by atoms with Crippen LogP contribution >= 0.6 is 0 Å². The fourth-order valence-corrected chi connectivity index (χ4v) is 2.71. The summed E-state index contributed by atoms with van der Waals surface area (Å²) in [5.74, 6) is 0.725. The zero-order chi connectivity index (χ0) is 13.9. The number of rotatable bonds is 2. The summed E-state index contributed by atoms with van der Waals surface area (Å²) in [6.45, 7) is 5.39. The molecular formula is C14H21N5O. The Morgan fingerprint density at radius 1 is 1.10 bits per heavy atom. The van der Waals surface area contributed by atoms with E-state index in [1.54, 1.807) is 12.3 Å². The van der Waals surface area contributed by atoms with Crippen molar-refractivity contribution in [3.63, 3.8) is 0 Å². The fourth-order valence-electron chi connectivity index (χ4n) is 2.71. The SMILES string of the molecule is CN1CCN(C(=O)c2ccnc(N3CCCC3)n2)CC1. The Morgan fingerprint density at radius 3 is 2.50 bits per heavy atom. The van der Waals surface area contributed by atoms with Crippen LogP contribution in [0, 0.1) is 0 Å². The maximum absolute atomic E-state index is 12.5. The van der Waals surface area contributed by atoms with Crippen LogP contribution in [0.15, 0.2) is 12.3 Å². The van der Waals surface area contributed by atoms with Gasteiger partial charge in [0.25, 0.3) is 5.91 Å². The smallest absolute Gasteiger partial charge is 0.272 e. The zero-order valence-corrected chi connectivity index (χ0v) is 12.0. The van der Waals surface area contributed by atoms with Crippen LogP contribution in [0.4, 0.5) is 5.95 Å². The third-order valence-corrected chi connectivity index (χ3v) is 4.04. The maximum Gasteiger partial charge on any atom is 0.272 e. The lowest BCUT2D eigenvalue weighted by atomic mass is 10.3. The van der Waals surface area contributed by atoms with Gasteiger partial charge in [-0.25, -0.2) is 9.97 Å². The molecule has 0 aromatic carbocycles. The average molecular weight is 275 g/mol. The third kappa shape index (κ3) is 2.75. The number of likely N-dealkylation sites (N-methyl/N-ethyl adjacent to an activating group) is 1. The second kappa shape index (κ2) is 5.75. The van der Waals surface area contributed by atoms with Gasteiger partial charge in [-0.15, -0.1) is 0 Å². The molecule has 0 aliphatic carbocycles. The minimum Gasteiger partial charge on any atom is -0.341 e. The van der Waals surface area contributed by atoms with Gasteiger partial charge in [-0.2, -0.15) is 0 Å². The van der Waals surface area contributed by atoms with Gasteiger partial charge in [0.1, 0.15) is 5.69 Å². The third-order valence-electron chi connectivity index (χ3n) is 4.04. The number of carbonyl (C=O) groups is 1. The first kappa shape index (κ1) is 13.3. The van der Waals surface area contributed by atoms with Crippen molar-refractivity contribution >= 4 is 11.9 Å². The largest absolute Gasteiger partial charge is 0.341 e. The van der Waals surface area contributed by atoms with E-state index >= 15 is 0 Å². The molecular weight excluding hydrogens is 254 g/mol. The number of amides is 1. The van der Waals surface area contributed by atoms with Crippen molar-refractivity contribution in [1.29, 1.82) is 0 Å². The number of carbonyl (C=O) groups excluding carboxylic acids is 1. The lowest BCUT2D eigenvalue weighted by Gasteiger charge is -2.32. The number of hydrogen-bond acceptors (Lipinski definition) is 5. The van der Waals surface area contributed by atoms with E-state index < -0.39 is 0 Å². The van der Waals surface area contributed by atoms with E-state index in [-0.39, 0.29) is 5.91 Å². The zero-order valence-electron chi connectivity index (χ0n) is 12.0. The molecule has 1 amide bonds. The number of piperazine rings is 1. The van der Waals surface area contributed by atoms with E-state index in [4.69, 9.17) is 0 Å². The molecule has 2 aliphatic heterocycles. The lowest BCUT2D eigenvalue weighted by molar-refractivity contribution is 0.0658. The normalized spacial score (nSPS) is 20.4. The Morgan fingerprint density at radius 2 is 1.80 bits per heavy atom. The van der Waals surface area contributed by atoms with Crippen LogP contribution in [0.2, 0.25) is 0 Å². The van der Waals surface area contributed by atoms with Crippen LogP contribution in [0.3, 0.4) is 0 Å². The molecule has 0 atom stereocenters. The molecule has 108 valence electrons. The Balaban J connectivity index is 1.72. The van der Waals surface area contributed by atoms with Crippen molar-refractivity contribution in [2.75, 3.05) is 51.2 Å². The quantitative estimate of drug-likeness (QED) is 0.785. The molecule has 0 spiro atoms. The molecule has 2 saturated heterocycles. The second-order valence-electron chi connectivity index (χ2n) is 5.53. The summed E-state index contributed by atoms with van der Waals surface area (Å²) in [6.07, 6.45) is 4.06. The Bertz CT molecular complexity index is 478. The summed E-state index contributed by atoms with van der Waals surface area (Å²) in [7, 11) is 2.08. The maximum atomic E-state index is 12.5. The predicted molar refractivity (Wildman–Crippen MR) is 76.9 cm³/mol. The monoisotopic (exact) mass is 275 g/mol. The summed E-state index contributed by atoms with van der Waals surface area (Å²) in [6, 6.07) is 1.72. The van der Waals surface area contributed by atoms with Crippen molar-refractivity contribution < 1.29 is 4.79 Å². The highest BCUT2D eigenvalue weighted by atomic mass is 16.2. The molecule has 0 saturated carbocycles. The highest BCUT2D eigenvalue weighted by Gasteiger charge is 2.23. The molecule has 2 aliphatic rings. The summed E-state index contributed by atoms with van der Waals surface area (Å²) in [5.41, 5.74) is 0.520. The van der Waals surface area contributed by atoms with E-state index in [0.29, 0.717) is 11.6 Å². The minimum absolute atomic E-state index is 0.0287. The number of aromatic nitrogens is 2. The summed E-state index contributed by atoms with van der Waals surface area (Å²) < 4.78 is 0. The van der Waals surface area contributed by atoms with E-state index in [2.05, 4.69) is 26.8 Å². The van der Waals surface area contributed by atoms with Crippen molar-refractivity contribution in [3.8, 4) is 0 Å². The van der Waals surface area contributed by atoms with Gasteiger partial charge < -0.3 is 14.7 Å². The van der Waals surface area contributed by atoms with Crippen LogP contribution in [-0.4, -0.2) is 72.0 Å². The number of nitrogens with zero attached hydrogens (tertiary/aromatic N) is 5. The summed E-state index contributed by atoms with van der Waals surface area (Å²) in [5, 5.41) is 0. The van der Waals surface area contributed by atoms with E-state index in [1.807, 2.05) is 4.90 Å². The van der Waals surface area contributed by atoms with Gasteiger partial charge >= 0.3 is 0 Å². The van der Waals surface area contributed by atoms with Crippen molar-refractivity contribution in [2.24, 2.45) is 0 Å². The van der Waals surface area contributed by atoms with Crippen molar-refractivity contribution in [2.45, 2.75) is 12.8 Å². The highest BCUT2D eigenvalue weighted by Crippen LogP contribution is 2.16. The van der Waals surface area contributed by atoms with Crippen molar-refractivity contribution in [3.05, 3.63) is 18.0 Å². The van der Waals surface area contributed by atoms with Crippen LogP contribution in [0.1, 0.15) is 23.3 Å². The second-order valence-corrected chi connectivity index (χ2v) is 5.53. The molecule has 6 nitrogen and oxygen atoms in total. The van der Waals surface area contributed by atoms with Gasteiger partial charge in [0.05, 0.1) is 0 Å². The summed E-state index contributed by atoms with van der Waals surface area (Å²) in [4.78, 5) is 27.5. The fraction of sp³-hybridized carbons (Fsp3) is 0.643. The van der Waals surface area contributed by atoms with E-state index in [0.717, 1.165) is 39.3 Å². The molecule has 0 unspecified atom stereocenters. The molecule has 0 bridgehead atoms. The van der Waals surface area contributed by atoms with E-state index in [1.165, 1.54) is 12.8 Å². The van der Waals surface area contributed by atoms with Gasteiger partial charge in [0.2, 0.25) is 5.95 Å². The van der Waals surface area contributed by atoms with Crippen molar-refractivity contribution in [1.82, 2.24) is 19.8 Å². The molecule has 2 fully saturated rings. The Hall–Kier alpha value is -1.69. The molecule has 0 radical (unpaired) electrons. The Labute approximate surface area is 119 Å². The van der Waals surface area contributed by atoms with Gasteiger partial charge in [-0.1, -0.05) is 0 Å². The summed E-state index contributed by atoms with van der Waals surface area (Å²) >= 11 is 0.